The van der Waals surface area contributed by atoms with Crippen molar-refractivity contribution in [1.82, 2.24) is 4.90 Å². The maximum absolute atomic E-state index is 2.61. The van der Waals surface area contributed by atoms with E-state index in [-0.39, 0.29) is 0 Å². The number of hydrogen-bond acceptors (Lipinski definition) is 1. The highest BCUT2D eigenvalue weighted by Crippen LogP contribution is 2.26. The lowest BCUT2D eigenvalue weighted by Crippen LogP contribution is -2.48. The molecular weight excluding hydrogens is 134 g/mol. The van der Waals surface area contributed by atoms with Crippen molar-refractivity contribution in [3.63, 3.8) is 0 Å². The van der Waals surface area contributed by atoms with E-state index in [9.17, 15) is 0 Å². The van der Waals surface area contributed by atoms with Crippen LogP contribution in [0, 0.1) is 6.42 Å². The first-order valence-corrected chi connectivity index (χ1v) is 4.72. The van der Waals surface area contributed by atoms with E-state index >= 15 is 0 Å². The van der Waals surface area contributed by atoms with Crippen LogP contribution >= 0.6 is 0 Å². The van der Waals surface area contributed by atoms with E-state index in [1.807, 2.05) is 0 Å². The predicted octanol–water partition coefficient (Wildman–Crippen LogP) is 2.47. The SMILES string of the molecule is CC(C)N(C(C)C)C1C[CH]C1. The van der Waals surface area contributed by atoms with Gasteiger partial charge in [0.15, 0.2) is 0 Å². The summed E-state index contributed by atoms with van der Waals surface area (Å²) in [5.74, 6) is 0. The summed E-state index contributed by atoms with van der Waals surface area (Å²) in [5.41, 5.74) is 0. The van der Waals surface area contributed by atoms with Crippen LogP contribution in [0.25, 0.3) is 0 Å². The molecule has 1 aliphatic carbocycles. The average molecular weight is 154 g/mol. The summed E-state index contributed by atoms with van der Waals surface area (Å²) in [6.07, 6.45) is 4.98. The predicted molar refractivity (Wildman–Crippen MR) is 49.4 cm³/mol. The Balaban J connectivity index is 2.44. The zero-order valence-electron chi connectivity index (χ0n) is 8.17. The van der Waals surface area contributed by atoms with E-state index in [2.05, 4.69) is 39.0 Å². The molecule has 0 saturated heterocycles. The average Bonchev–Trinajstić information content (AvgIpc) is 1.75. The Hall–Kier alpha value is -0.0400. The van der Waals surface area contributed by atoms with Crippen LogP contribution in [0.4, 0.5) is 0 Å². The van der Waals surface area contributed by atoms with Crippen LogP contribution in [-0.4, -0.2) is 23.0 Å². The van der Waals surface area contributed by atoms with E-state index in [1.54, 1.807) is 0 Å². The molecule has 1 rings (SSSR count). The van der Waals surface area contributed by atoms with Gasteiger partial charge in [-0.15, -0.1) is 0 Å². The second-order valence-electron chi connectivity index (χ2n) is 4.05. The van der Waals surface area contributed by atoms with Gasteiger partial charge in [-0.3, -0.25) is 4.90 Å². The van der Waals surface area contributed by atoms with Gasteiger partial charge in [0.25, 0.3) is 0 Å². The van der Waals surface area contributed by atoms with Gasteiger partial charge >= 0.3 is 0 Å². The smallest absolute Gasteiger partial charge is 0.0106 e. The van der Waals surface area contributed by atoms with Gasteiger partial charge in [-0.05, 0) is 47.0 Å². The Morgan fingerprint density at radius 1 is 1.09 bits per heavy atom. The zero-order chi connectivity index (χ0) is 8.43. The molecule has 0 aromatic rings. The molecule has 11 heavy (non-hydrogen) atoms. The lowest BCUT2D eigenvalue weighted by Gasteiger charge is -2.42. The molecule has 0 atom stereocenters. The Morgan fingerprint density at radius 3 is 1.64 bits per heavy atom. The molecule has 1 radical (unpaired) electrons. The molecule has 1 saturated carbocycles. The van der Waals surface area contributed by atoms with Crippen molar-refractivity contribution in [3.05, 3.63) is 6.42 Å². The van der Waals surface area contributed by atoms with Gasteiger partial charge in [0, 0.05) is 18.1 Å². The second kappa shape index (κ2) is 3.57. The summed E-state index contributed by atoms with van der Waals surface area (Å²) in [6.45, 7) is 9.16. The van der Waals surface area contributed by atoms with Crippen molar-refractivity contribution in [3.8, 4) is 0 Å². The molecule has 0 bridgehead atoms. The molecule has 1 fully saturated rings. The summed E-state index contributed by atoms with van der Waals surface area (Å²) in [4.78, 5) is 2.61. The first-order chi connectivity index (χ1) is 5.13. The maximum atomic E-state index is 2.61. The fourth-order valence-corrected chi connectivity index (χ4v) is 2.00. The highest BCUT2D eigenvalue weighted by molar-refractivity contribution is 4.94. The standard InChI is InChI=1S/C10H20N/c1-8(2)11(9(3)4)10-6-5-7-10/h5,8-10H,6-7H2,1-4H3. The maximum Gasteiger partial charge on any atom is 0.0106 e. The van der Waals surface area contributed by atoms with Crippen LogP contribution < -0.4 is 0 Å². The van der Waals surface area contributed by atoms with E-state index in [0.717, 1.165) is 6.04 Å². The molecular formula is C10H20N. The lowest BCUT2D eigenvalue weighted by molar-refractivity contribution is 0.0860. The number of hydrogen-bond donors (Lipinski definition) is 0. The molecule has 0 heterocycles. The van der Waals surface area contributed by atoms with Crippen LogP contribution in [0.5, 0.6) is 0 Å². The Labute approximate surface area is 70.8 Å². The molecule has 0 spiro atoms. The summed E-state index contributed by atoms with van der Waals surface area (Å²) in [5, 5.41) is 0. The van der Waals surface area contributed by atoms with Crippen molar-refractivity contribution < 1.29 is 0 Å². The van der Waals surface area contributed by atoms with Gasteiger partial charge in [0.1, 0.15) is 0 Å². The van der Waals surface area contributed by atoms with Gasteiger partial charge in [-0.1, -0.05) is 0 Å². The minimum atomic E-state index is 0.702. The van der Waals surface area contributed by atoms with Crippen LogP contribution in [0.1, 0.15) is 40.5 Å². The van der Waals surface area contributed by atoms with Crippen molar-refractivity contribution in [2.24, 2.45) is 0 Å². The number of rotatable bonds is 3. The molecule has 1 heteroatoms. The third-order valence-corrected chi connectivity index (χ3v) is 2.49. The first kappa shape index (κ1) is 9.05. The summed E-state index contributed by atoms with van der Waals surface area (Å²) in [6, 6.07) is 2.25. The molecule has 65 valence electrons. The first-order valence-electron chi connectivity index (χ1n) is 4.72. The quantitative estimate of drug-likeness (QED) is 0.603. The van der Waals surface area contributed by atoms with E-state index < -0.39 is 0 Å². The summed E-state index contributed by atoms with van der Waals surface area (Å²) < 4.78 is 0. The number of nitrogens with zero attached hydrogens (tertiary/aromatic N) is 1. The van der Waals surface area contributed by atoms with Crippen molar-refractivity contribution in [1.29, 1.82) is 0 Å². The largest absolute Gasteiger partial charge is 0.296 e. The van der Waals surface area contributed by atoms with Gasteiger partial charge in [0.05, 0.1) is 0 Å². The van der Waals surface area contributed by atoms with E-state index in [0.29, 0.717) is 12.1 Å². The Morgan fingerprint density at radius 2 is 1.55 bits per heavy atom. The second-order valence-corrected chi connectivity index (χ2v) is 4.05. The minimum absolute atomic E-state index is 0.702. The zero-order valence-corrected chi connectivity index (χ0v) is 8.17. The Kier molecular flexibility index (Phi) is 2.94. The van der Waals surface area contributed by atoms with Gasteiger partial charge in [-0.25, -0.2) is 0 Å². The van der Waals surface area contributed by atoms with Crippen molar-refractivity contribution >= 4 is 0 Å². The van der Waals surface area contributed by atoms with Crippen LogP contribution in [0.15, 0.2) is 0 Å². The van der Waals surface area contributed by atoms with Gasteiger partial charge in [-0.2, -0.15) is 0 Å². The molecule has 0 N–H and O–H groups in total. The third kappa shape index (κ3) is 1.96. The molecule has 1 aliphatic rings. The van der Waals surface area contributed by atoms with Gasteiger partial charge in [0.2, 0.25) is 0 Å². The molecule has 0 aromatic carbocycles. The normalized spacial score (nSPS) is 19.9. The topological polar surface area (TPSA) is 3.24 Å². The van der Waals surface area contributed by atoms with Crippen LogP contribution in [0.2, 0.25) is 0 Å². The van der Waals surface area contributed by atoms with Crippen LogP contribution in [-0.2, 0) is 0 Å². The molecule has 1 nitrogen and oxygen atoms in total. The van der Waals surface area contributed by atoms with Crippen LogP contribution in [0.3, 0.4) is 0 Å². The minimum Gasteiger partial charge on any atom is -0.296 e. The highest BCUT2D eigenvalue weighted by Gasteiger charge is 2.28. The fraction of sp³-hybridized carbons (Fsp3) is 0.900. The van der Waals surface area contributed by atoms with Crippen molar-refractivity contribution in [2.75, 3.05) is 0 Å². The third-order valence-electron chi connectivity index (χ3n) is 2.49. The summed E-state index contributed by atoms with van der Waals surface area (Å²) in [7, 11) is 0. The Bertz CT molecular complexity index is 106. The van der Waals surface area contributed by atoms with Gasteiger partial charge < -0.3 is 0 Å². The summed E-state index contributed by atoms with van der Waals surface area (Å²) >= 11 is 0. The molecule has 0 unspecified atom stereocenters. The molecule has 0 aromatic heterocycles. The molecule has 0 amide bonds. The monoisotopic (exact) mass is 154 g/mol. The highest BCUT2D eigenvalue weighted by atomic mass is 15.2. The molecule has 0 aliphatic heterocycles. The van der Waals surface area contributed by atoms with E-state index in [1.165, 1.54) is 12.8 Å². The van der Waals surface area contributed by atoms with Crippen molar-refractivity contribution in [2.45, 2.75) is 58.7 Å². The fourth-order valence-electron chi connectivity index (χ4n) is 2.00. The lowest BCUT2D eigenvalue weighted by atomic mass is 9.89. The van der Waals surface area contributed by atoms with E-state index in [4.69, 9.17) is 0 Å².